The molecule has 0 aromatic carbocycles. The number of rotatable bonds is 1. The van der Waals surface area contributed by atoms with Gasteiger partial charge in [-0.25, -0.2) is 0 Å². The van der Waals surface area contributed by atoms with Crippen molar-refractivity contribution in [3.63, 3.8) is 0 Å². The summed E-state index contributed by atoms with van der Waals surface area (Å²) in [5.74, 6) is 2.13. The van der Waals surface area contributed by atoms with Gasteiger partial charge in [-0.3, -0.25) is 0 Å². The van der Waals surface area contributed by atoms with Crippen molar-refractivity contribution in [2.75, 3.05) is 0 Å². The number of hydrogen-bond acceptors (Lipinski definition) is 3. The van der Waals surface area contributed by atoms with Crippen LogP contribution in [0.5, 0.6) is 0 Å². The smallest absolute Gasteiger partial charge is 0.0863 e. The largest absolute Gasteiger partial charge is 0.390 e. The predicted molar refractivity (Wildman–Crippen MR) is 134 cm³/mol. The summed E-state index contributed by atoms with van der Waals surface area (Å²) in [6, 6.07) is 0. The van der Waals surface area contributed by atoms with Crippen LogP contribution in [-0.2, 0) is 0 Å². The van der Waals surface area contributed by atoms with Gasteiger partial charge in [0.1, 0.15) is 0 Å². The highest BCUT2D eigenvalue weighted by molar-refractivity contribution is 5.23. The standard InChI is InChI=1S/C30H52O3/c1-25(2)14-9-15-28(6)21-11-10-20-27(5)16-12-18(26(3,4)33)19(27)13-17-29(20,7)30(21,8)24(32)22(31)23(25)28/h18-24,31-33H,9-17H2,1-8H3/t18?,19-,20+,21+,22+,23-,24-,27-,28+,29+,30-/m0/s1. The zero-order valence-electron chi connectivity index (χ0n) is 22.7. The molecule has 0 saturated heterocycles. The first-order valence-electron chi connectivity index (χ1n) is 14.1. The monoisotopic (exact) mass is 460 g/mol. The van der Waals surface area contributed by atoms with E-state index in [1.807, 2.05) is 13.8 Å². The normalized spacial score (nSPS) is 58.1. The fraction of sp³-hybridized carbons (Fsp3) is 1.00. The quantitative estimate of drug-likeness (QED) is 0.437. The van der Waals surface area contributed by atoms with Crippen molar-refractivity contribution in [1.29, 1.82) is 0 Å². The molecule has 190 valence electrons. The Bertz CT molecular complexity index is 799. The molecule has 5 saturated carbocycles. The summed E-state index contributed by atoms with van der Waals surface area (Å²) in [5.41, 5.74) is -0.486. The molecule has 0 spiro atoms. The summed E-state index contributed by atoms with van der Waals surface area (Å²) in [6.45, 7) is 18.6. The second kappa shape index (κ2) is 7.00. The first-order chi connectivity index (χ1) is 15.0. The van der Waals surface area contributed by atoms with Crippen molar-refractivity contribution in [1.82, 2.24) is 0 Å². The van der Waals surface area contributed by atoms with Crippen LogP contribution >= 0.6 is 0 Å². The van der Waals surface area contributed by atoms with Gasteiger partial charge in [0.15, 0.2) is 0 Å². The van der Waals surface area contributed by atoms with Crippen molar-refractivity contribution < 1.29 is 15.3 Å². The third kappa shape index (κ3) is 2.85. The second-order valence-corrected chi connectivity index (χ2v) is 15.6. The van der Waals surface area contributed by atoms with Gasteiger partial charge in [-0.05, 0) is 116 Å². The van der Waals surface area contributed by atoms with E-state index in [0.717, 1.165) is 25.7 Å². The highest BCUT2D eigenvalue weighted by Crippen LogP contribution is 2.78. The number of aliphatic hydroxyl groups is 3. The zero-order valence-corrected chi connectivity index (χ0v) is 22.7. The average Bonchev–Trinajstić information content (AvgIpc) is 3.04. The molecule has 5 aliphatic carbocycles. The summed E-state index contributed by atoms with van der Waals surface area (Å²) in [4.78, 5) is 0. The van der Waals surface area contributed by atoms with Crippen LogP contribution in [0.2, 0.25) is 0 Å². The third-order valence-electron chi connectivity index (χ3n) is 13.6. The first kappa shape index (κ1) is 24.6. The van der Waals surface area contributed by atoms with Gasteiger partial charge < -0.3 is 15.3 Å². The molecule has 5 rings (SSSR count). The first-order valence-corrected chi connectivity index (χ1v) is 14.1. The Hall–Kier alpha value is -0.120. The maximum Gasteiger partial charge on any atom is 0.0863 e. The Morgan fingerprint density at radius 2 is 1.36 bits per heavy atom. The molecule has 0 aromatic rings. The molecule has 0 aliphatic heterocycles. The summed E-state index contributed by atoms with van der Waals surface area (Å²) >= 11 is 0. The molecule has 0 aromatic heterocycles. The molecule has 0 amide bonds. The molecule has 0 bridgehead atoms. The van der Waals surface area contributed by atoms with Crippen molar-refractivity contribution in [3.05, 3.63) is 0 Å². The topological polar surface area (TPSA) is 60.7 Å². The van der Waals surface area contributed by atoms with Crippen LogP contribution < -0.4 is 0 Å². The minimum Gasteiger partial charge on any atom is -0.390 e. The summed E-state index contributed by atoms with van der Waals surface area (Å²) < 4.78 is 0. The van der Waals surface area contributed by atoms with Gasteiger partial charge in [0.2, 0.25) is 0 Å². The van der Waals surface area contributed by atoms with Gasteiger partial charge in [0.05, 0.1) is 17.8 Å². The summed E-state index contributed by atoms with van der Waals surface area (Å²) in [5, 5.41) is 34.8. The van der Waals surface area contributed by atoms with Crippen LogP contribution in [0.1, 0.15) is 113 Å². The van der Waals surface area contributed by atoms with E-state index in [2.05, 4.69) is 41.5 Å². The maximum atomic E-state index is 12.0. The molecule has 0 radical (unpaired) electrons. The van der Waals surface area contributed by atoms with E-state index in [9.17, 15) is 15.3 Å². The van der Waals surface area contributed by atoms with E-state index in [4.69, 9.17) is 0 Å². The van der Waals surface area contributed by atoms with Crippen molar-refractivity contribution in [3.8, 4) is 0 Å². The Labute approximate surface area is 203 Å². The van der Waals surface area contributed by atoms with Gasteiger partial charge in [-0.2, -0.15) is 0 Å². The molecule has 5 fully saturated rings. The van der Waals surface area contributed by atoms with Crippen LogP contribution in [-0.4, -0.2) is 33.1 Å². The van der Waals surface area contributed by atoms with E-state index in [0.29, 0.717) is 23.7 Å². The van der Waals surface area contributed by atoms with E-state index in [1.165, 1.54) is 32.1 Å². The Balaban J connectivity index is 1.58. The molecule has 1 unspecified atom stereocenters. The van der Waals surface area contributed by atoms with Gasteiger partial charge in [-0.15, -0.1) is 0 Å². The van der Waals surface area contributed by atoms with Crippen molar-refractivity contribution in [2.45, 2.75) is 131 Å². The molecular formula is C30H52O3. The molecule has 33 heavy (non-hydrogen) atoms. The predicted octanol–water partition coefficient (Wildman–Crippen LogP) is 6.19. The lowest BCUT2D eigenvalue weighted by atomic mass is 9.31. The van der Waals surface area contributed by atoms with Crippen molar-refractivity contribution in [2.24, 2.45) is 56.7 Å². The molecular weight excluding hydrogens is 408 g/mol. The van der Waals surface area contributed by atoms with Gasteiger partial charge >= 0.3 is 0 Å². The van der Waals surface area contributed by atoms with Gasteiger partial charge in [0, 0.05) is 5.41 Å². The highest BCUT2D eigenvalue weighted by Gasteiger charge is 2.74. The highest BCUT2D eigenvalue weighted by atomic mass is 16.3. The molecule has 3 heteroatoms. The maximum absolute atomic E-state index is 12.0. The van der Waals surface area contributed by atoms with Gasteiger partial charge in [0.25, 0.3) is 0 Å². The zero-order chi connectivity index (χ0) is 24.4. The molecule has 11 atom stereocenters. The van der Waals surface area contributed by atoms with Crippen LogP contribution in [0.3, 0.4) is 0 Å². The van der Waals surface area contributed by atoms with E-state index in [1.54, 1.807) is 0 Å². The third-order valence-corrected chi connectivity index (χ3v) is 13.6. The lowest BCUT2D eigenvalue weighted by Gasteiger charge is -2.75. The summed E-state index contributed by atoms with van der Waals surface area (Å²) in [7, 11) is 0. The van der Waals surface area contributed by atoms with Crippen LogP contribution in [0.15, 0.2) is 0 Å². The molecule has 0 heterocycles. The minimum absolute atomic E-state index is 0.0195. The van der Waals surface area contributed by atoms with E-state index in [-0.39, 0.29) is 33.0 Å². The number of aliphatic hydroxyl groups excluding tert-OH is 2. The number of fused-ring (bicyclic) bond motifs is 7. The van der Waals surface area contributed by atoms with E-state index < -0.39 is 17.8 Å². The minimum atomic E-state index is -0.655. The second-order valence-electron chi connectivity index (χ2n) is 15.6. The fourth-order valence-corrected chi connectivity index (χ4v) is 12.3. The Morgan fingerprint density at radius 1 is 0.727 bits per heavy atom. The van der Waals surface area contributed by atoms with Crippen LogP contribution in [0.4, 0.5) is 0 Å². The van der Waals surface area contributed by atoms with Crippen LogP contribution in [0, 0.1) is 56.7 Å². The molecule has 3 N–H and O–H groups in total. The Morgan fingerprint density at radius 3 is 2.00 bits per heavy atom. The number of hydrogen-bond donors (Lipinski definition) is 3. The fourth-order valence-electron chi connectivity index (χ4n) is 12.3. The SMILES string of the molecule is CC(C)(O)C1CC[C@]2(C)[C@H]3CC[C@@H]4[C@@]5(C)CCCC(C)(C)[C@@H]5[C@@H](O)[C@H](O)[C@@]4(C)[C@]3(C)CC[C@@H]12. The van der Waals surface area contributed by atoms with Gasteiger partial charge in [-0.1, -0.05) is 48.0 Å². The lowest BCUT2D eigenvalue weighted by molar-refractivity contribution is -0.310. The molecule has 5 aliphatic rings. The summed E-state index contributed by atoms with van der Waals surface area (Å²) in [6.07, 6.45) is 9.29. The Kier molecular flexibility index (Phi) is 5.21. The molecule has 3 nitrogen and oxygen atoms in total. The lowest BCUT2D eigenvalue weighted by Crippen LogP contribution is -2.74. The van der Waals surface area contributed by atoms with E-state index >= 15 is 0 Å². The average molecular weight is 461 g/mol. The van der Waals surface area contributed by atoms with Crippen LogP contribution in [0.25, 0.3) is 0 Å². The van der Waals surface area contributed by atoms with Crippen molar-refractivity contribution >= 4 is 0 Å².